The molecule has 0 radical (unpaired) electrons. The van der Waals surface area contributed by atoms with Crippen LogP contribution in [-0.2, 0) is 4.79 Å². The molecule has 1 atom stereocenters. The number of nitrogens with one attached hydrogen (secondary N) is 2. The molecule has 0 saturated carbocycles. The molecular weight excluding hydrogens is 327 g/mol. The molecular formula is C15H22Cl2N2OS. The summed E-state index contributed by atoms with van der Waals surface area (Å²) in [4.78, 5) is 13.3. The van der Waals surface area contributed by atoms with Crippen LogP contribution in [0.25, 0.3) is 0 Å². The van der Waals surface area contributed by atoms with Crippen molar-refractivity contribution in [3.63, 3.8) is 0 Å². The van der Waals surface area contributed by atoms with E-state index in [1.54, 1.807) is 11.8 Å². The SMILES string of the molecule is CC(C)Sc1c(Cl)cccc1NC(=O)C1CCCNC1.Cl. The second-order valence-corrected chi connectivity index (χ2v) is 7.31. The van der Waals surface area contributed by atoms with Crippen LogP contribution >= 0.6 is 35.8 Å². The Balaban J connectivity index is 0.00000220. The third-order valence-corrected chi connectivity index (χ3v) is 4.82. The Morgan fingerprint density at radius 1 is 1.48 bits per heavy atom. The number of halogens is 2. The van der Waals surface area contributed by atoms with E-state index in [-0.39, 0.29) is 24.2 Å². The van der Waals surface area contributed by atoms with Gasteiger partial charge in [-0.25, -0.2) is 0 Å². The Morgan fingerprint density at radius 3 is 2.86 bits per heavy atom. The summed E-state index contributed by atoms with van der Waals surface area (Å²) in [6.07, 6.45) is 2.01. The van der Waals surface area contributed by atoms with Crippen LogP contribution in [0.3, 0.4) is 0 Å². The van der Waals surface area contributed by atoms with E-state index in [4.69, 9.17) is 11.6 Å². The molecule has 1 aromatic rings. The number of carbonyl (C=O) groups excluding carboxylic acids is 1. The van der Waals surface area contributed by atoms with Gasteiger partial charge < -0.3 is 10.6 Å². The third-order valence-electron chi connectivity index (χ3n) is 3.25. The first-order valence-corrected chi connectivity index (χ1v) is 8.30. The highest BCUT2D eigenvalue weighted by Gasteiger charge is 2.22. The largest absolute Gasteiger partial charge is 0.325 e. The molecule has 0 aromatic heterocycles. The minimum absolute atomic E-state index is 0. The number of rotatable bonds is 4. The third kappa shape index (κ3) is 5.37. The molecule has 118 valence electrons. The van der Waals surface area contributed by atoms with Crippen LogP contribution < -0.4 is 10.6 Å². The van der Waals surface area contributed by atoms with Crippen molar-refractivity contribution in [2.24, 2.45) is 5.92 Å². The van der Waals surface area contributed by atoms with Crippen LogP contribution in [0.1, 0.15) is 26.7 Å². The number of benzene rings is 1. The van der Waals surface area contributed by atoms with Gasteiger partial charge in [0.05, 0.1) is 16.6 Å². The molecule has 1 aromatic carbocycles. The number of carbonyl (C=O) groups is 1. The highest BCUT2D eigenvalue weighted by molar-refractivity contribution is 8.00. The summed E-state index contributed by atoms with van der Waals surface area (Å²) >= 11 is 7.94. The lowest BCUT2D eigenvalue weighted by Crippen LogP contribution is -2.37. The van der Waals surface area contributed by atoms with E-state index in [0.717, 1.165) is 36.5 Å². The molecule has 0 spiro atoms. The Labute approximate surface area is 142 Å². The zero-order valence-corrected chi connectivity index (χ0v) is 14.7. The van der Waals surface area contributed by atoms with Crippen LogP contribution in [0.2, 0.25) is 5.02 Å². The Kier molecular flexibility index (Phi) is 7.88. The van der Waals surface area contributed by atoms with Crippen LogP contribution in [0.15, 0.2) is 23.1 Å². The van der Waals surface area contributed by atoms with Gasteiger partial charge in [-0.15, -0.1) is 24.2 Å². The highest BCUT2D eigenvalue weighted by Crippen LogP contribution is 2.36. The van der Waals surface area contributed by atoms with Gasteiger partial charge in [0, 0.05) is 16.7 Å². The van der Waals surface area contributed by atoms with Gasteiger partial charge in [0.1, 0.15) is 0 Å². The van der Waals surface area contributed by atoms with Gasteiger partial charge in [-0.3, -0.25) is 4.79 Å². The lowest BCUT2D eigenvalue weighted by atomic mass is 9.99. The smallest absolute Gasteiger partial charge is 0.228 e. The van der Waals surface area contributed by atoms with Gasteiger partial charge in [0.15, 0.2) is 0 Å². The lowest BCUT2D eigenvalue weighted by molar-refractivity contribution is -0.120. The van der Waals surface area contributed by atoms with Crippen LogP contribution in [0.4, 0.5) is 5.69 Å². The van der Waals surface area contributed by atoms with Crippen LogP contribution in [-0.4, -0.2) is 24.2 Å². The maximum atomic E-state index is 12.3. The number of amides is 1. The summed E-state index contributed by atoms with van der Waals surface area (Å²) in [6.45, 7) is 6.00. The van der Waals surface area contributed by atoms with E-state index < -0.39 is 0 Å². The van der Waals surface area contributed by atoms with E-state index in [1.807, 2.05) is 18.2 Å². The van der Waals surface area contributed by atoms with Crippen molar-refractivity contribution in [1.29, 1.82) is 0 Å². The quantitative estimate of drug-likeness (QED) is 0.801. The van der Waals surface area contributed by atoms with Crippen LogP contribution in [0, 0.1) is 5.92 Å². The zero-order valence-electron chi connectivity index (χ0n) is 12.3. The maximum absolute atomic E-state index is 12.3. The minimum Gasteiger partial charge on any atom is -0.325 e. The Bertz CT molecular complexity index is 477. The Morgan fingerprint density at radius 2 is 2.24 bits per heavy atom. The molecule has 1 saturated heterocycles. The van der Waals surface area contributed by atoms with E-state index in [2.05, 4.69) is 24.5 Å². The van der Waals surface area contributed by atoms with Gasteiger partial charge in [0.2, 0.25) is 5.91 Å². The molecule has 2 N–H and O–H groups in total. The predicted octanol–water partition coefficient (Wildman–Crippen LogP) is 4.20. The van der Waals surface area contributed by atoms with Gasteiger partial charge in [-0.2, -0.15) is 0 Å². The molecule has 2 rings (SSSR count). The summed E-state index contributed by atoms with van der Waals surface area (Å²) in [5.74, 6) is 0.143. The average Bonchev–Trinajstić information content (AvgIpc) is 2.43. The summed E-state index contributed by atoms with van der Waals surface area (Å²) < 4.78 is 0. The second kappa shape index (κ2) is 8.89. The van der Waals surface area contributed by atoms with E-state index in [1.165, 1.54) is 0 Å². The molecule has 1 unspecified atom stereocenters. The monoisotopic (exact) mass is 348 g/mol. The first-order chi connectivity index (χ1) is 9.58. The number of piperidine rings is 1. The predicted molar refractivity (Wildman–Crippen MR) is 93.9 cm³/mol. The molecule has 1 fully saturated rings. The molecule has 1 amide bonds. The fourth-order valence-corrected chi connectivity index (χ4v) is 3.48. The molecule has 0 bridgehead atoms. The van der Waals surface area contributed by atoms with Gasteiger partial charge >= 0.3 is 0 Å². The van der Waals surface area contributed by atoms with Gasteiger partial charge in [0.25, 0.3) is 0 Å². The van der Waals surface area contributed by atoms with Crippen molar-refractivity contribution in [2.45, 2.75) is 36.8 Å². The first kappa shape index (κ1) is 18.6. The summed E-state index contributed by atoms with van der Waals surface area (Å²) in [5.41, 5.74) is 0.826. The topological polar surface area (TPSA) is 41.1 Å². The number of hydrogen-bond donors (Lipinski definition) is 2. The fraction of sp³-hybridized carbons (Fsp3) is 0.533. The molecule has 0 aliphatic carbocycles. The minimum atomic E-state index is 0. The second-order valence-electron chi connectivity index (χ2n) is 5.32. The van der Waals surface area contributed by atoms with Crippen molar-refractivity contribution in [3.8, 4) is 0 Å². The van der Waals surface area contributed by atoms with Crippen molar-refractivity contribution in [2.75, 3.05) is 18.4 Å². The van der Waals surface area contributed by atoms with Gasteiger partial charge in [-0.05, 0) is 31.5 Å². The van der Waals surface area contributed by atoms with E-state index in [9.17, 15) is 4.79 Å². The first-order valence-electron chi connectivity index (χ1n) is 7.04. The summed E-state index contributed by atoms with van der Waals surface area (Å²) in [6, 6.07) is 5.66. The Hall–Kier alpha value is -0.420. The van der Waals surface area contributed by atoms with Crippen molar-refractivity contribution in [1.82, 2.24) is 5.32 Å². The highest BCUT2D eigenvalue weighted by atomic mass is 35.5. The molecule has 6 heteroatoms. The van der Waals surface area contributed by atoms with Gasteiger partial charge in [-0.1, -0.05) is 31.5 Å². The standard InChI is InChI=1S/C15H21ClN2OS.ClH/c1-10(2)20-14-12(16)6-3-7-13(14)18-15(19)11-5-4-8-17-9-11;/h3,6-7,10-11,17H,4-5,8-9H2,1-2H3,(H,18,19);1H. The van der Waals surface area contributed by atoms with Crippen molar-refractivity contribution >= 4 is 47.4 Å². The number of thioether (sulfide) groups is 1. The normalized spacial score (nSPS) is 18.2. The molecule has 21 heavy (non-hydrogen) atoms. The molecule has 3 nitrogen and oxygen atoms in total. The molecule has 1 aliphatic rings. The van der Waals surface area contributed by atoms with Crippen molar-refractivity contribution in [3.05, 3.63) is 23.2 Å². The number of anilines is 1. The summed E-state index contributed by atoms with van der Waals surface area (Å²) in [5, 5.41) is 7.43. The molecule has 1 heterocycles. The lowest BCUT2D eigenvalue weighted by Gasteiger charge is -2.23. The van der Waals surface area contributed by atoms with Crippen LogP contribution in [0.5, 0.6) is 0 Å². The van der Waals surface area contributed by atoms with E-state index in [0.29, 0.717) is 10.3 Å². The summed E-state index contributed by atoms with van der Waals surface area (Å²) in [7, 11) is 0. The van der Waals surface area contributed by atoms with E-state index >= 15 is 0 Å². The maximum Gasteiger partial charge on any atom is 0.228 e. The fourth-order valence-electron chi connectivity index (χ4n) is 2.27. The molecule has 1 aliphatic heterocycles. The zero-order chi connectivity index (χ0) is 14.5. The average molecular weight is 349 g/mol. The van der Waals surface area contributed by atoms with Crippen molar-refractivity contribution < 1.29 is 4.79 Å². The number of hydrogen-bond acceptors (Lipinski definition) is 3.